The number of pyridine rings is 1. The van der Waals surface area contributed by atoms with Gasteiger partial charge in [0, 0.05) is 48.3 Å². The quantitative estimate of drug-likeness (QED) is 0.0743. The third kappa shape index (κ3) is 21.1. The van der Waals surface area contributed by atoms with E-state index in [1.165, 1.54) is 18.1 Å². The Labute approximate surface area is 336 Å². The largest absolute Gasteiger partial charge is 0.494 e. The first-order valence-corrected chi connectivity index (χ1v) is 20.1. The van der Waals surface area contributed by atoms with Gasteiger partial charge < -0.3 is 31.4 Å². The number of aliphatic imine (C=N–C) groups is 1. The predicted molar refractivity (Wildman–Crippen MR) is 236 cm³/mol. The molecule has 1 aliphatic rings. The zero-order valence-electron chi connectivity index (χ0n) is 35.8. The number of nitrogens with one attached hydrogen (secondary N) is 3. The first-order valence-electron chi connectivity index (χ1n) is 19.2. The molecule has 0 bridgehead atoms. The van der Waals surface area contributed by atoms with E-state index in [0.717, 1.165) is 41.7 Å². The number of nitrogens with two attached hydrogens (primary N) is 1. The van der Waals surface area contributed by atoms with Crippen LogP contribution in [0.2, 0.25) is 0 Å². The van der Waals surface area contributed by atoms with E-state index in [9.17, 15) is 9.59 Å². The molecule has 1 saturated carbocycles. The highest BCUT2D eigenvalue weighted by Gasteiger charge is 2.29. The molecular weight excluding hydrogens is 711 g/mol. The third-order valence-corrected chi connectivity index (χ3v) is 8.30. The van der Waals surface area contributed by atoms with Gasteiger partial charge in [0.1, 0.15) is 17.3 Å². The van der Waals surface area contributed by atoms with Crippen molar-refractivity contribution in [3.63, 3.8) is 0 Å². The molecule has 55 heavy (non-hydrogen) atoms. The number of para-hydroxylation sites is 1. The van der Waals surface area contributed by atoms with Crippen molar-refractivity contribution in [2.75, 3.05) is 33.1 Å². The number of allylic oxidation sites excluding steroid dienone is 2. The summed E-state index contributed by atoms with van der Waals surface area (Å²) < 4.78 is 5.75. The molecule has 0 saturated heterocycles. The number of amides is 3. The minimum Gasteiger partial charge on any atom is -0.494 e. The molecule has 0 radical (unpaired) electrons. The summed E-state index contributed by atoms with van der Waals surface area (Å²) in [6.45, 7) is 25.0. The molecule has 1 aromatic carbocycles. The average Bonchev–Trinajstić information content (AvgIpc) is 4.04. The highest BCUT2D eigenvalue weighted by Crippen LogP contribution is 2.37. The molecule has 0 spiro atoms. The summed E-state index contributed by atoms with van der Waals surface area (Å²) in [5.41, 5.74) is 10.3. The van der Waals surface area contributed by atoms with Crippen LogP contribution in [0.3, 0.4) is 0 Å². The highest BCUT2D eigenvalue weighted by atomic mass is 32.2. The fraction of sp³-hybridized carbons (Fsp3) is 0.488. The lowest BCUT2D eigenvalue weighted by Crippen LogP contribution is -2.28. The van der Waals surface area contributed by atoms with Gasteiger partial charge in [-0.15, -0.1) is 11.8 Å². The molecule has 11 nitrogen and oxygen atoms in total. The van der Waals surface area contributed by atoms with Gasteiger partial charge in [0.25, 0.3) is 11.8 Å². The zero-order valence-corrected chi connectivity index (χ0v) is 36.6. The van der Waals surface area contributed by atoms with Crippen molar-refractivity contribution < 1.29 is 19.1 Å². The Kier molecular flexibility index (Phi) is 29.1. The lowest BCUT2D eigenvalue weighted by molar-refractivity contribution is -0.118. The summed E-state index contributed by atoms with van der Waals surface area (Å²) >= 11 is 1.56. The summed E-state index contributed by atoms with van der Waals surface area (Å²) in [6, 6.07) is 9.07. The molecule has 0 aliphatic heterocycles. The molecule has 1 fully saturated rings. The van der Waals surface area contributed by atoms with Crippen LogP contribution in [0, 0.1) is 17.2 Å². The van der Waals surface area contributed by atoms with Gasteiger partial charge in [0.2, 0.25) is 6.41 Å². The smallest absolute Gasteiger partial charge is 0.272 e. The number of methoxy groups -OCH3 is 1. The van der Waals surface area contributed by atoms with Crippen LogP contribution in [0.4, 0.5) is 5.69 Å². The number of anilines is 1. The maximum Gasteiger partial charge on any atom is 0.272 e. The van der Waals surface area contributed by atoms with Gasteiger partial charge in [-0.3, -0.25) is 19.4 Å². The summed E-state index contributed by atoms with van der Waals surface area (Å²) in [4.78, 5) is 45.1. The summed E-state index contributed by atoms with van der Waals surface area (Å²) in [5.74, 6) is 0.733. The average molecular weight is 780 g/mol. The van der Waals surface area contributed by atoms with E-state index in [4.69, 9.17) is 20.7 Å². The molecule has 5 N–H and O–H groups in total. The Morgan fingerprint density at radius 1 is 1.15 bits per heavy atom. The second kappa shape index (κ2) is 30.6. The standard InChI is InChI=1S/C34H44N6O3S.C3H8.C2H5NO.2C2H6/c1-8-21(2)16-22(3)20-44-23(4)19-40(6)34(42)29-15-14-26(18-37-29)27-10-9-11-28(32(27)43-7)38-30(24(5)35)17-31(36)39-33(41)25-12-13-25;1-3-2;1-3-2-4;2*1-2/h9-11,14-15,17-18,20-21,25,35,38H,4,8,12-13,16,19H2,1-3,5-7H3,(H2,36,39,41);3H2,1-2H3;2H,1H3,(H,3,4);2*1-2H3/b22-20+,30-17+,35-24?;;;;. The number of hydrogen-bond donors (Lipinski definition) is 4. The number of likely N-dealkylation sites (N-methyl/N-ethyl adjacent to an activating group) is 1. The molecule has 3 amide bonds. The number of hydrogen-bond acceptors (Lipinski definition) is 8. The van der Waals surface area contributed by atoms with Gasteiger partial charge in [-0.1, -0.05) is 98.6 Å². The minimum absolute atomic E-state index is 0.0379. The molecule has 1 heterocycles. The second-order valence-corrected chi connectivity index (χ2v) is 13.4. The van der Waals surface area contributed by atoms with Crippen LogP contribution in [0.15, 0.2) is 75.8 Å². The lowest BCUT2D eigenvalue weighted by Gasteiger charge is -2.18. The van der Waals surface area contributed by atoms with Crippen LogP contribution >= 0.6 is 11.8 Å². The highest BCUT2D eigenvalue weighted by molar-refractivity contribution is 8.05. The van der Waals surface area contributed by atoms with Crippen LogP contribution < -0.4 is 21.1 Å². The van der Waals surface area contributed by atoms with Crippen LogP contribution in [-0.2, 0) is 9.59 Å². The van der Waals surface area contributed by atoms with Gasteiger partial charge in [0.05, 0.1) is 30.8 Å². The molecule has 3 rings (SSSR count). The van der Waals surface area contributed by atoms with Crippen LogP contribution in [0.1, 0.15) is 112 Å². The number of rotatable bonds is 16. The molecule has 306 valence electrons. The van der Waals surface area contributed by atoms with E-state index in [0.29, 0.717) is 41.7 Å². The van der Waals surface area contributed by atoms with E-state index in [1.807, 2.05) is 52.0 Å². The number of ether oxygens (including phenoxy) is 1. The van der Waals surface area contributed by atoms with E-state index in [1.54, 1.807) is 57.1 Å². The Morgan fingerprint density at radius 3 is 2.22 bits per heavy atom. The van der Waals surface area contributed by atoms with Gasteiger partial charge in [-0.25, -0.2) is 0 Å². The Morgan fingerprint density at radius 2 is 1.75 bits per heavy atom. The number of amidine groups is 1. The molecule has 2 aromatic rings. The van der Waals surface area contributed by atoms with Gasteiger partial charge in [-0.2, -0.15) is 4.99 Å². The van der Waals surface area contributed by atoms with Crippen LogP contribution in [-0.4, -0.2) is 67.4 Å². The van der Waals surface area contributed by atoms with E-state index >= 15 is 0 Å². The summed E-state index contributed by atoms with van der Waals surface area (Å²) in [6.07, 6.45) is 8.86. The lowest BCUT2D eigenvalue weighted by atomic mass is 10.0. The normalized spacial score (nSPS) is 12.6. The van der Waals surface area contributed by atoms with Crippen molar-refractivity contribution in [2.45, 2.75) is 101 Å². The van der Waals surface area contributed by atoms with Gasteiger partial charge in [0.15, 0.2) is 0 Å². The van der Waals surface area contributed by atoms with Gasteiger partial charge in [-0.05, 0) is 56.6 Å². The molecule has 1 aromatic heterocycles. The summed E-state index contributed by atoms with van der Waals surface area (Å²) in [5, 5.41) is 15.8. The van der Waals surface area contributed by atoms with Gasteiger partial charge >= 0.3 is 0 Å². The first kappa shape index (κ1) is 52.4. The Bertz CT molecular complexity index is 1570. The van der Waals surface area contributed by atoms with Crippen molar-refractivity contribution in [3.8, 4) is 16.9 Å². The number of thioether (sulfide) groups is 1. The van der Waals surface area contributed by atoms with Crippen molar-refractivity contribution in [1.82, 2.24) is 15.2 Å². The molecular formula is C43H69N7O4S. The maximum atomic E-state index is 13.1. The van der Waals surface area contributed by atoms with Crippen molar-refractivity contribution in [2.24, 2.45) is 22.6 Å². The molecule has 1 atom stereocenters. The van der Waals surface area contributed by atoms with E-state index in [-0.39, 0.29) is 29.3 Å². The monoisotopic (exact) mass is 780 g/mol. The minimum atomic E-state index is -0.232. The Balaban J connectivity index is 0. The van der Waals surface area contributed by atoms with Crippen LogP contribution in [0.5, 0.6) is 5.75 Å². The second-order valence-electron chi connectivity index (χ2n) is 12.4. The first-order chi connectivity index (χ1) is 26.3. The fourth-order valence-corrected chi connectivity index (χ4v) is 5.10. The third-order valence-electron chi connectivity index (χ3n) is 7.32. The molecule has 1 unspecified atom stereocenters. The SMILES string of the molecule is C=C(CN(C)C(=O)c1ccc(-c2cccc(N/C(=C/C(N)=NC(=O)C3CC3)C(C)=N)c2OC)cn1)S/C=C(\C)CC(C)CC.CC.CC.CCC.CNC=O. The maximum absolute atomic E-state index is 13.1. The number of carbonyl (C=O) groups is 3. The molecule has 12 heteroatoms. The number of benzene rings is 1. The van der Waals surface area contributed by atoms with Crippen molar-refractivity contribution >= 4 is 47.2 Å². The van der Waals surface area contributed by atoms with E-state index < -0.39 is 0 Å². The van der Waals surface area contributed by atoms with Crippen molar-refractivity contribution in [1.29, 1.82) is 5.41 Å². The Hall–Kier alpha value is -4.71. The topological polar surface area (TPSA) is 163 Å². The fourth-order valence-electron chi connectivity index (χ4n) is 4.37. The summed E-state index contributed by atoms with van der Waals surface area (Å²) in [7, 11) is 4.86. The zero-order chi connectivity index (χ0) is 42.5. The van der Waals surface area contributed by atoms with Crippen LogP contribution in [0.25, 0.3) is 11.1 Å². The predicted octanol–water partition coefficient (Wildman–Crippen LogP) is 9.88. The molecule has 1 aliphatic carbocycles. The van der Waals surface area contributed by atoms with Crippen molar-refractivity contribution in [3.05, 3.63) is 76.5 Å². The number of nitrogens with zero attached hydrogens (tertiary/aromatic N) is 3. The van der Waals surface area contributed by atoms with E-state index in [2.05, 4.69) is 67.2 Å². The number of carbonyl (C=O) groups excluding carboxylic acids is 3. The number of aromatic nitrogens is 1.